The molecule has 3 rings (SSSR count). The third-order valence-electron chi connectivity index (χ3n) is 6.01. The zero-order valence-electron chi connectivity index (χ0n) is 20.6. The van der Waals surface area contributed by atoms with Crippen molar-refractivity contribution in [3.63, 3.8) is 0 Å². The van der Waals surface area contributed by atoms with Gasteiger partial charge in [-0.2, -0.15) is 0 Å². The van der Waals surface area contributed by atoms with Crippen molar-refractivity contribution in [3.05, 3.63) is 106 Å². The molecule has 190 valence electrons. The van der Waals surface area contributed by atoms with Gasteiger partial charge in [0.2, 0.25) is 11.8 Å². The lowest BCUT2D eigenvalue weighted by Gasteiger charge is -2.32. The molecule has 0 saturated heterocycles. The molecular weight excluding hydrogens is 511 g/mol. The van der Waals surface area contributed by atoms with Crippen LogP contribution in [0.25, 0.3) is 0 Å². The number of rotatable bonds is 12. The van der Waals surface area contributed by atoms with E-state index in [0.29, 0.717) is 22.2 Å². The molecular formula is C29H32Cl2N2O2S. The number of carbonyl (C=O) groups is 2. The van der Waals surface area contributed by atoms with E-state index in [2.05, 4.69) is 5.32 Å². The Labute approximate surface area is 228 Å². The lowest BCUT2D eigenvalue weighted by molar-refractivity contribution is -0.139. The van der Waals surface area contributed by atoms with Gasteiger partial charge in [0.05, 0.1) is 5.75 Å². The van der Waals surface area contributed by atoms with E-state index < -0.39 is 6.04 Å². The van der Waals surface area contributed by atoms with Crippen molar-refractivity contribution in [2.24, 2.45) is 0 Å². The van der Waals surface area contributed by atoms with Gasteiger partial charge in [-0.15, -0.1) is 11.8 Å². The normalized spacial score (nSPS) is 12.6. The molecule has 0 saturated carbocycles. The summed E-state index contributed by atoms with van der Waals surface area (Å²) < 4.78 is 0. The van der Waals surface area contributed by atoms with Gasteiger partial charge < -0.3 is 10.2 Å². The summed E-state index contributed by atoms with van der Waals surface area (Å²) in [7, 11) is 0. The lowest BCUT2D eigenvalue weighted by atomic mass is 10.0. The third kappa shape index (κ3) is 8.29. The van der Waals surface area contributed by atoms with E-state index in [1.54, 1.807) is 11.0 Å². The Morgan fingerprint density at radius 3 is 2.08 bits per heavy atom. The van der Waals surface area contributed by atoms with E-state index in [-0.39, 0.29) is 30.2 Å². The first-order valence-electron chi connectivity index (χ1n) is 12.1. The molecule has 0 bridgehead atoms. The van der Waals surface area contributed by atoms with Crippen LogP contribution in [0.3, 0.4) is 0 Å². The maximum Gasteiger partial charge on any atom is 0.243 e. The Balaban J connectivity index is 1.87. The molecule has 2 amide bonds. The van der Waals surface area contributed by atoms with Crippen LogP contribution in [0.5, 0.6) is 0 Å². The SMILES string of the molecule is CC[C@@H](C)NC(=O)[C@H](Cc1ccccc1)N(Cc1ccccc1Cl)C(=O)CSCc1ccccc1Cl. The van der Waals surface area contributed by atoms with E-state index in [9.17, 15) is 9.59 Å². The van der Waals surface area contributed by atoms with Crippen molar-refractivity contribution in [1.82, 2.24) is 10.2 Å². The molecule has 0 heterocycles. The summed E-state index contributed by atoms with van der Waals surface area (Å²) in [5.74, 6) is 0.544. The standard InChI is InChI=1S/C29H32Cl2N2O2S/c1-3-21(2)32-29(35)27(17-22-11-5-4-6-12-22)33(18-23-13-7-9-15-25(23)30)28(34)20-36-19-24-14-8-10-16-26(24)31/h4-16,21,27H,3,17-20H2,1-2H3,(H,32,35)/t21-,27+/m1/s1. The maximum absolute atomic E-state index is 13.7. The van der Waals surface area contributed by atoms with Crippen LogP contribution in [0.4, 0.5) is 0 Å². The Morgan fingerprint density at radius 1 is 0.889 bits per heavy atom. The number of nitrogens with zero attached hydrogens (tertiary/aromatic N) is 1. The lowest BCUT2D eigenvalue weighted by Crippen LogP contribution is -2.52. The molecule has 36 heavy (non-hydrogen) atoms. The Bertz CT molecular complexity index is 1140. The average molecular weight is 544 g/mol. The predicted molar refractivity (Wildman–Crippen MR) is 151 cm³/mol. The van der Waals surface area contributed by atoms with Crippen molar-refractivity contribution in [3.8, 4) is 0 Å². The highest BCUT2D eigenvalue weighted by molar-refractivity contribution is 7.99. The fourth-order valence-corrected chi connectivity index (χ4v) is 5.14. The van der Waals surface area contributed by atoms with Crippen LogP contribution in [0, 0.1) is 0 Å². The smallest absolute Gasteiger partial charge is 0.243 e. The van der Waals surface area contributed by atoms with Crippen molar-refractivity contribution in [1.29, 1.82) is 0 Å². The van der Waals surface area contributed by atoms with Gasteiger partial charge in [-0.3, -0.25) is 9.59 Å². The van der Waals surface area contributed by atoms with Gasteiger partial charge in [-0.25, -0.2) is 0 Å². The van der Waals surface area contributed by atoms with E-state index in [4.69, 9.17) is 23.2 Å². The number of benzene rings is 3. The summed E-state index contributed by atoms with van der Waals surface area (Å²) in [6.07, 6.45) is 1.21. The van der Waals surface area contributed by atoms with Crippen LogP contribution < -0.4 is 5.32 Å². The maximum atomic E-state index is 13.7. The molecule has 0 fully saturated rings. The average Bonchev–Trinajstić information content (AvgIpc) is 2.88. The van der Waals surface area contributed by atoms with Gasteiger partial charge in [0.15, 0.2) is 0 Å². The summed E-state index contributed by atoms with van der Waals surface area (Å²) in [5.41, 5.74) is 2.77. The minimum atomic E-state index is -0.675. The molecule has 0 unspecified atom stereocenters. The van der Waals surface area contributed by atoms with Gasteiger partial charge in [0, 0.05) is 34.8 Å². The van der Waals surface area contributed by atoms with Crippen molar-refractivity contribution in [2.45, 2.75) is 51.1 Å². The molecule has 0 aliphatic heterocycles. The number of hydrogen-bond acceptors (Lipinski definition) is 3. The second kappa shape index (κ2) is 14.3. The highest BCUT2D eigenvalue weighted by atomic mass is 35.5. The van der Waals surface area contributed by atoms with Crippen LogP contribution >= 0.6 is 35.0 Å². The molecule has 0 aromatic heterocycles. The Hall–Kier alpha value is -2.47. The molecule has 1 N–H and O–H groups in total. The van der Waals surface area contributed by atoms with Gasteiger partial charge in [0.25, 0.3) is 0 Å². The van der Waals surface area contributed by atoms with E-state index in [0.717, 1.165) is 23.1 Å². The zero-order chi connectivity index (χ0) is 25.9. The monoisotopic (exact) mass is 542 g/mol. The van der Waals surface area contributed by atoms with Gasteiger partial charge in [0.1, 0.15) is 6.04 Å². The van der Waals surface area contributed by atoms with Crippen molar-refractivity contribution >= 4 is 46.8 Å². The Morgan fingerprint density at radius 2 is 1.47 bits per heavy atom. The van der Waals surface area contributed by atoms with Crippen LogP contribution in [0.15, 0.2) is 78.9 Å². The molecule has 0 aliphatic rings. The van der Waals surface area contributed by atoms with Crippen molar-refractivity contribution < 1.29 is 9.59 Å². The summed E-state index contributed by atoms with van der Waals surface area (Å²) in [5, 5.41) is 4.34. The number of thioether (sulfide) groups is 1. The summed E-state index contributed by atoms with van der Waals surface area (Å²) in [4.78, 5) is 28.9. The highest BCUT2D eigenvalue weighted by Crippen LogP contribution is 2.24. The second-order valence-corrected chi connectivity index (χ2v) is 10.5. The third-order valence-corrected chi connectivity index (χ3v) is 7.72. The molecule has 2 atom stereocenters. The van der Waals surface area contributed by atoms with Crippen molar-refractivity contribution in [2.75, 3.05) is 5.75 Å². The van der Waals surface area contributed by atoms with Gasteiger partial charge >= 0.3 is 0 Å². The topological polar surface area (TPSA) is 49.4 Å². The number of nitrogens with one attached hydrogen (secondary N) is 1. The largest absolute Gasteiger partial charge is 0.352 e. The summed E-state index contributed by atoms with van der Waals surface area (Å²) in [6, 6.07) is 24.2. The fourth-order valence-electron chi connectivity index (χ4n) is 3.75. The van der Waals surface area contributed by atoms with Gasteiger partial charge in [-0.1, -0.05) is 96.9 Å². The molecule has 0 spiro atoms. The quantitative estimate of drug-likeness (QED) is 0.274. The van der Waals surface area contributed by atoms with Crippen LogP contribution in [-0.4, -0.2) is 34.6 Å². The molecule has 3 aromatic carbocycles. The van der Waals surface area contributed by atoms with Gasteiger partial charge in [-0.05, 0) is 42.2 Å². The van der Waals surface area contributed by atoms with E-state index in [1.807, 2.05) is 86.6 Å². The minimum absolute atomic E-state index is 0.00244. The number of halogens is 2. The van der Waals surface area contributed by atoms with Crippen LogP contribution in [-0.2, 0) is 28.3 Å². The first-order valence-corrected chi connectivity index (χ1v) is 14.0. The van der Waals surface area contributed by atoms with E-state index >= 15 is 0 Å². The fraction of sp³-hybridized carbons (Fsp3) is 0.310. The van der Waals surface area contributed by atoms with Crippen LogP contribution in [0.1, 0.15) is 37.0 Å². The number of amides is 2. The first-order chi connectivity index (χ1) is 17.4. The summed E-state index contributed by atoms with van der Waals surface area (Å²) >= 11 is 14.2. The summed E-state index contributed by atoms with van der Waals surface area (Å²) in [6.45, 7) is 4.24. The number of hydrogen-bond donors (Lipinski definition) is 1. The number of carbonyl (C=O) groups excluding carboxylic acids is 2. The highest BCUT2D eigenvalue weighted by Gasteiger charge is 2.31. The molecule has 7 heteroatoms. The molecule has 4 nitrogen and oxygen atoms in total. The molecule has 0 aliphatic carbocycles. The molecule has 0 radical (unpaired) electrons. The second-order valence-electron chi connectivity index (χ2n) is 8.72. The van der Waals surface area contributed by atoms with Crippen LogP contribution in [0.2, 0.25) is 10.0 Å². The van der Waals surface area contributed by atoms with E-state index in [1.165, 1.54) is 11.8 Å². The Kier molecular flexibility index (Phi) is 11.2. The minimum Gasteiger partial charge on any atom is -0.352 e. The predicted octanol–water partition coefficient (Wildman–Crippen LogP) is 6.78. The molecule has 3 aromatic rings. The first kappa shape index (κ1) is 28.1. The zero-order valence-corrected chi connectivity index (χ0v) is 23.0.